The second kappa shape index (κ2) is 14.0. The van der Waals surface area contributed by atoms with E-state index in [1.807, 2.05) is 35.7 Å². The van der Waals surface area contributed by atoms with Gasteiger partial charge in [0.1, 0.15) is 5.88 Å². The number of ether oxygens (including phenoxy) is 3. The second-order valence-electron chi connectivity index (χ2n) is 7.13. The van der Waals surface area contributed by atoms with Gasteiger partial charge >= 0.3 is 0 Å². The summed E-state index contributed by atoms with van der Waals surface area (Å²) >= 11 is 7.36. The van der Waals surface area contributed by atoms with Crippen LogP contribution in [0.25, 0.3) is 0 Å². The third-order valence-corrected chi connectivity index (χ3v) is 6.06. The SMILES string of the molecule is COCCCN(CC(=O)N(CCc1ccc(OC)c(OC)c1)Cc1cccs1)C(=O)CCl. The summed E-state index contributed by atoms with van der Waals surface area (Å²) < 4.78 is 15.7. The van der Waals surface area contributed by atoms with Crippen molar-refractivity contribution in [1.29, 1.82) is 0 Å². The maximum Gasteiger partial charge on any atom is 0.242 e. The lowest BCUT2D eigenvalue weighted by Gasteiger charge is -2.27. The van der Waals surface area contributed by atoms with Gasteiger partial charge in [0.15, 0.2) is 11.5 Å². The van der Waals surface area contributed by atoms with Crippen LogP contribution in [-0.4, -0.2) is 75.1 Å². The lowest BCUT2D eigenvalue weighted by atomic mass is 10.1. The molecule has 0 bridgehead atoms. The van der Waals surface area contributed by atoms with Crippen LogP contribution in [0, 0.1) is 0 Å². The Morgan fingerprint density at radius 1 is 1.00 bits per heavy atom. The number of carbonyl (C=O) groups is 2. The Balaban J connectivity index is 2.11. The average Bonchev–Trinajstić information content (AvgIpc) is 3.33. The van der Waals surface area contributed by atoms with Gasteiger partial charge in [0.05, 0.1) is 27.3 Å². The first-order valence-corrected chi connectivity index (χ1v) is 11.8. The zero-order valence-corrected chi connectivity index (χ0v) is 20.4. The van der Waals surface area contributed by atoms with Gasteiger partial charge in [0.25, 0.3) is 0 Å². The van der Waals surface area contributed by atoms with Gasteiger partial charge in [-0.2, -0.15) is 0 Å². The first-order valence-electron chi connectivity index (χ1n) is 10.4. The molecule has 0 spiro atoms. The maximum atomic E-state index is 13.2. The molecule has 0 atom stereocenters. The van der Waals surface area contributed by atoms with Crippen LogP contribution < -0.4 is 9.47 Å². The summed E-state index contributed by atoms with van der Waals surface area (Å²) in [6.07, 6.45) is 1.29. The monoisotopic (exact) mass is 482 g/mol. The molecule has 0 aliphatic carbocycles. The molecule has 2 aromatic rings. The van der Waals surface area contributed by atoms with Gasteiger partial charge in [-0.3, -0.25) is 9.59 Å². The molecule has 0 aliphatic heterocycles. The molecule has 0 N–H and O–H groups in total. The third-order valence-electron chi connectivity index (χ3n) is 4.97. The molecule has 0 unspecified atom stereocenters. The van der Waals surface area contributed by atoms with E-state index in [1.165, 1.54) is 4.90 Å². The van der Waals surface area contributed by atoms with Crippen LogP contribution in [0.4, 0.5) is 0 Å². The summed E-state index contributed by atoms with van der Waals surface area (Å²) in [4.78, 5) is 29.8. The minimum atomic E-state index is -0.257. The number of halogens is 1. The Hall–Kier alpha value is -2.29. The van der Waals surface area contributed by atoms with E-state index in [0.29, 0.717) is 50.6 Å². The highest BCUT2D eigenvalue weighted by Gasteiger charge is 2.21. The summed E-state index contributed by atoms with van der Waals surface area (Å²) in [5.74, 6) is 0.783. The van der Waals surface area contributed by atoms with Crippen molar-refractivity contribution in [2.75, 3.05) is 53.5 Å². The fourth-order valence-electron chi connectivity index (χ4n) is 3.22. The molecular weight excluding hydrogens is 452 g/mol. The fourth-order valence-corrected chi connectivity index (χ4v) is 4.11. The molecule has 1 aromatic heterocycles. The van der Waals surface area contributed by atoms with Crippen molar-refractivity contribution in [1.82, 2.24) is 9.80 Å². The minimum absolute atomic E-state index is 0.00736. The van der Waals surface area contributed by atoms with E-state index in [0.717, 1.165) is 10.4 Å². The zero-order valence-electron chi connectivity index (χ0n) is 18.8. The van der Waals surface area contributed by atoms with Crippen molar-refractivity contribution < 1.29 is 23.8 Å². The molecule has 1 heterocycles. The predicted octanol–water partition coefficient (Wildman–Crippen LogP) is 3.44. The van der Waals surface area contributed by atoms with E-state index in [4.69, 9.17) is 25.8 Å². The number of amides is 2. The zero-order chi connectivity index (χ0) is 23.3. The van der Waals surface area contributed by atoms with Crippen LogP contribution in [0.15, 0.2) is 35.7 Å². The normalized spacial score (nSPS) is 10.6. The lowest BCUT2D eigenvalue weighted by Crippen LogP contribution is -2.44. The molecule has 1 aromatic carbocycles. The molecule has 2 rings (SSSR count). The molecule has 0 aliphatic rings. The number of alkyl halides is 1. The number of rotatable bonds is 14. The summed E-state index contributed by atoms with van der Waals surface area (Å²) in [5, 5.41) is 1.99. The quantitative estimate of drug-likeness (QED) is 0.305. The van der Waals surface area contributed by atoms with E-state index >= 15 is 0 Å². The Bertz CT molecular complexity index is 847. The highest BCUT2D eigenvalue weighted by molar-refractivity contribution is 7.09. The van der Waals surface area contributed by atoms with E-state index in [1.54, 1.807) is 37.6 Å². The van der Waals surface area contributed by atoms with Crippen molar-refractivity contribution in [3.63, 3.8) is 0 Å². The summed E-state index contributed by atoms with van der Waals surface area (Å²) in [5.41, 5.74) is 1.03. The van der Waals surface area contributed by atoms with E-state index in [2.05, 4.69) is 0 Å². The highest BCUT2D eigenvalue weighted by atomic mass is 35.5. The maximum absolute atomic E-state index is 13.2. The number of carbonyl (C=O) groups excluding carboxylic acids is 2. The van der Waals surface area contributed by atoms with Gasteiger partial charge < -0.3 is 24.0 Å². The Kier molecular flexibility index (Phi) is 11.3. The van der Waals surface area contributed by atoms with E-state index in [-0.39, 0.29) is 24.2 Å². The fraction of sp³-hybridized carbons (Fsp3) is 0.478. The molecule has 9 heteroatoms. The van der Waals surface area contributed by atoms with Crippen LogP contribution >= 0.6 is 22.9 Å². The number of nitrogens with zero attached hydrogens (tertiary/aromatic N) is 2. The van der Waals surface area contributed by atoms with Crippen LogP contribution in [0.5, 0.6) is 11.5 Å². The Labute approximate surface area is 198 Å². The Morgan fingerprint density at radius 2 is 1.78 bits per heavy atom. The molecule has 2 amide bonds. The highest BCUT2D eigenvalue weighted by Crippen LogP contribution is 2.27. The molecule has 0 fully saturated rings. The first kappa shape index (κ1) is 26.0. The second-order valence-corrected chi connectivity index (χ2v) is 8.43. The number of benzene rings is 1. The molecule has 0 saturated heterocycles. The summed E-state index contributed by atoms with van der Waals surface area (Å²) in [7, 11) is 4.80. The van der Waals surface area contributed by atoms with Gasteiger partial charge in [-0.1, -0.05) is 12.1 Å². The van der Waals surface area contributed by atoms with Gasteiger partial charge in [-0.15, -0.1) is 22.9 Å². The van der Waals surface area contributed by atoms with Gasteiger partial charge in [-0.05, 0) is 42.0 Å². The number of hydrogen-bond donors (Lipinski definition) is 0. The largest absolute Gasteiger partial charge is 0.493 e. The Morgan fingerprint density at radius 3 is 2.41 bits per heavy atom. The predicted molar refractivity (Wildman–Crippen MR) is 127 cm³/mol. The topological polar surface area (TPSA) is 68.3 Å². The first-order chi connectivity index (χ1) is 15.5. The van der Waals surface area contributed by atoms with Crippen LogP contribution in [0.1, 0.15) is 16.9 Å². The summed E-state index contributed by atoms with van der Waals surface area (Å²) in [6, 6.07) is 9.70. The standard InChI is InChI=1S/C23H31ClN2O5S/c1-29-12-5-10-25(22(27)15-24)17-23(28)26(16-19-6-4-13-32-19)11-9-18-7-8-20(30-2)21(14-18)31-3/h4,6-8,13-14H,5,9-12,15-17H2,1-3H3. The van der Waals surface area contributed by atoms with Crippen LogP contribution in [-0.2, 0) is 27.3 Å². The van der Waals surface area contributed by atoms with Gasteiger partial charge in [0, 0.05) is 31.7 Å². The van der Waals surface area contributed by atoms with Crippen LogP contribution in [0.3, 0.4) is 0 Å². The lowest BCUT2D eigenvalue weighted by molar-refractivity contribution is -0.139. The molecule has 32 heavy (non-hydrogen) atoms. The van der Waals surface area contributed by atoms with Gasteiger partial charge in [-0.25, -0.2) is 0 Å². The molecule has 7 nitrogen and oxygen atoms in total. The van der Waals surface area contributed by atoms with Crippen molar-refractivity contribution in [2.24, 2.45) is 0 Å². The van der Waals surface area contributed by atoms with Crippen molar-refractivity contribution >= 4 is 34.8 Å². The number of methoxy groups -OCH3 is 3. The number of thiophene rings is 1. The number of hydrogen-bond acceptors (Lipinski definition) is 6. The third kappa shape index (κ3) is 8.00. The summed E-state index contributed by atoms with van der Waals surface area (Å²) in [6.45, 7) is 1.93. The van der Waals surface area contributed by atoms with E-state index < -0.39 is 0 Å². The smallest absolute Gasteiger partial charge is 0.242 e. The molecule has 176 valence electrons. The molecule has 0 radical (unpaired) electrons. The van der Waals surface area contributed by atoms with Gasteiger partial charge in [0.2, 0.25) is 11.8 Å². The van der Waals surface area contributed by atoms with Crippen LogP contribution in [0.2, 0.25) is 0 Å². The van der Waals surface area contributed by atoms with Crippen molar-refractivity contribution in [2.45, 2.75) is 19.4 Å². The molecule has 0 saturated carbocycles. The minimum Gasteiger partial charge on any atom is -0.493 e. The average molecular weight is 483 g/mol. The molecular formula is C23H31ClN2O5S. The van der Waals surface area contributed by atoms with E-state index in [9.17, 15) is 9.59 Å². The van der Waals surface area contributed by atoms with Crippen molar-refractivity contribution in [3.8, 4) is 11.5 Å². The van der Waals surface area contributed by atoms with Crippen molar-refractivity contribution in [3.05, 3.63) is 46.2 Å².